The molecule has 1 rings (SSSR count). The molecule has 0 spiro atoms. The molecule has 0 aromatic rings. The third kappa shape index (κ3) is 4.83. The van der Waals surface area contributed by atoms with Crippen LogP contribution in [0.3, 0.4) is 0 Å². The van der Waals surface area contributed by atoms with Crippen LogP contribution in [0.2, 0.25) is 0 Å². The van der Waals surface area contributed by atoms with Gasteiger partial charge in [-0.3, -0.25) is 4.52 Å². The molecule has 12 nitrogen and oxygen atoms in total. The van der Waals surface area contributed by atoms with E-state index < -0.39 is 46.5 Å². The van der Waals surface area contributed by atoms with Gasteiger partial charge in [-0.1, -0.05) is 0 Å². The monoisotopic (exact) mass is 322 g/mol. The Kier molecular flexibility index (Phi) is 4.91. The molecule has 0 aromatic heterocycles. The number of phosphoric ester groups is 2. The second-order valence-corrected chi connectivity index (χ2v) is 5.73. The molecule has 1 aliphatic rings. The highest BCUT2D eigenvalue weighted by Crippen LogP contribution is 2.41. The van der Waals surface area contributed by atoms with Gasteiger partial charge in [0.15, 0.2) is 6.10 Å². The van der Waals surface area contributed by atoms with Crippen LogP contribution in [0.1, 0.15) is 0 Å². The molecule has 0 radical (unpaired) electrons. The molecule has 4 atom stereocenters. The Morgan fingerprint density at radius 2 is 1.68 bits per heavy atom. The lowest BCUT2D eigenvalue weighted by atomic mass is 10.1. The average Bonchev–Trinajstić information content (AvgIpc) is 2.36. The minimum absolute atomic E-state index is 1.13. The van der Waals surface area contributed by atoms with Gasteiger partial charge in [-0.15, -0.1) is 0 Å². The van der Waals surface area contributed by atoms with E-state index in [4.69, 9.17) is 0 Å². The molecule has 19 heavy (non-hydrogen) atoms. The Labute approximate surface area is 105 Å². The maximum Gasteiger partial charge on any atom is 0.315 e. The quantitative estimate of drug-likeness (QED) is 0.319. The van der Waals surface area contributed by atoms with E-state index in [1.165, 1.54) is 0 Å². The van der Waals surface area contributed by atoms with Crippen LogP contribution in [0.15, 0.2) is 0 Å². The molecule has 0 unspecified atom stereocenters. The Morgan fingerprint density at radius 1 is 1.16 bits per heavy atom. The lowest BCUT2D eigenvalue weighted by Crippen LogP contribution is -2.46. The average molecular weight is 322 g/mol. The Morgan fingerprint density at radius 3 is 2.11 bits per heavy atom. The van der Waals surface area contributed by atoms with E-state index in [-0.39, 0.29) is 0 Å². The molecule has 1 fully saturated rings. The maximum atomic E-state index is 10.3. The number of phosphoric acid groups is 2. The summed E-state index contributed by atoms with van der Waals surface area (Å²) in [6.07, 6.45) is -6.29. The van der Waals surface area contributed by atoms with Crippen molar-refractivity contribution >= 4 is 15.6 Å². The van der Waals surface area contributed by atoms with Crippen molar-refractivity contribution in [1.29, 1.82) is 0 Å². The lowest BCUT2D eigenvalue weighted by molar-refractivity contribution is -0.408. The van der Waals surface area contributed by atoms with Crippen LogP contribution in [-0.2, 0) is 22.9 Å². The summed E-state index contributed by atoms with van der Waals surface area (Å²) in [4.78, 5) is 41.0. The molecule has 0 bridgehead atoms. The predicted octanol–water partition coefficient (Wildman–Crippen LogP) is -5.56. The van der Waals surface area contributed by atoms with Crippen LogP contribution in [-0.4, -0.2) is 46.2 Å². The summed E-state index contributed by atoms with van der Waals surface area (Å²) in [5.41, 5.74) is 0. The summed E-state index contributed by atoms with van der Waals surface area (Å²) in [7, 11) is -11.2. The van der Waals surface area contributed by atoms with E-state index in [1.807, 2.05) is 0 Å². The Balaban J connectivity index is 2.75. The van der Waals surface area contributed by atoms with Crippen molar-refractivity contribution in [2.75, 3.05) is 6.61 Å². The fraction of sp³-hybridized carbons (Fsp3) is 1.00. The maximum absolute atomic E-state index is 10.3. The first kappa shape index (κ1) is 17.1. The van der Waals surface area contributed by atoms with Crippen molar-refractivity contribution in [3.05, 3.63) is 0 Å². The highest BCUT2D eigenvalue weighted by molar-refractivity contribution is 7.43. The van der Waals surface area contributed by atoms with Gasteiger partial charge in [-0.2, -0.15) is 0 Å². The van der Waals surface area contributed by atoms with Crippen molar-refractivity contribution in [1.82, 2.24) is 0 Å². The normalized spacial score (nSPS) is 36.7. The zero-order chi connectivity index (χ0) is 15.1. The van der Waals surface area contributed by atoms with Gasteiger partial charge in [0.25, 0.3) is 0 Å². The summed E-state index contributed by atoms with van der Waals surface area (Å²) in [6.45, 7) is -1.13. The van der Waals surface area contributed by atoms with Crippen molar-refractivity contribution < 1.29 is 57.8 Å². The third-order valence-electron chi connectivity index (χ3n) is 2.04. The van der Waals surface area contributed by atoms with Gasteiger partial charge in [0.1, 0.15) is 12.2 Å². The number of rotatable bonds is 5. The van der Waals surface area contributed by atoms with E-state index in [0.29, 0.717) is 0 Å². The SMILES string of the molecule is O=P([O-])([O-])OC[C@H]1O[C@](O)(OP(=O)([O-])[O-])[C@@H](O)[C@@H]1O. The van der Waals surface area contributed by atoms with Crippen LogP contribution < -0.4 is 19.6 Å². The standard InChI is InChI=1S/C5H12O12P2/c6-3-2(1-15-18(9,10)11)16-5(8,4(3)7)17-19(12,13)14/h2-4,6-8H,1H2,(H2,9,10,11)(H2,12,13,14)/p-4/t2-,3-,4+,5+/m1/s1. The smallest absolute Gasteiger partial charge is 0.315 e. The first-order valence-electron chi connectivity index (χ1n) is 4.50. The first-order chi connectivity index (χ1) is 8.34. The van der Waals surface area contributed by atoms with Crippen molar-refractivity contribution in [3.63, 3.8) is 0 Å². The largest absolute Gasteiger partial charge is 0.790 e. The summed E-state index contributed by atoms with van der Waals surface area (Å²) < 4.78 is 32.0. The molecule has 0 aliphatic carbocycles. The number of aliphatic hydroxyl groups is 3. The van der Waals surface area contributed by atoms with Crippen LogP contribution in [0.4, 0.5) is 0 Å². The number of hydrogen-bond acceptors (Lipinski definition) is 12. The van der Waals surface area contributed by atoms with Gasteiger partial charge in [0.05, 0.1) is 22.3 Å². The van der Waals surface area contributed by atoms with Crippen molar-refractivity contribution in [2.24, 2.45) is 0 Å². The van der Waals surface area contributed by atoms with E-state index in [0.717, 1.165) is 0 Å². The summed E-state index contributed by atoms with van der Waals surface area (Å²) in [6, 6.07) is 0. The van der Waals surface area contributed by atoms with Crippen LogP contribution >= 0.6 is 15.6 Å². The summed E-state index contributed by atoms with van der Waals surface area (Å²) >= 11 is 0. The molecule has 0 saturated carbocycles. The van der Waals surface area contributed by atoms with Gasteiger partial charge in [0, 0.05) is 0 Å². The van der Waals surface area contributed by atoms with E-state index in [2.05, 4.69) is 13.8 Å². The number of ether oxygens (including phenoxy) is 1. The molecular weight excluding hydrogens is 314 g/mol. The number of aliphatic hydroxyl groups excluding tert-OH is 2. The summed E-state index contributed by atoms with van der Waals surface area (Å²) in [5, 5.41) is 27.9. The molecule has 0 aromatic carbocycles. The molecule has 1 heterocycles. The second kappa shape index (κ2) is 5.45. The molecular formula is C5H8O12P2-4. The highest BCUT2D eigenvalue weighted by atomic mass is 31.2. The van der Waals surface area contributed by atoms with E-state index in [1.54, 1.807) is 0 Å². The zero-order valence-electron chi connectivity index (χ0n) is 8.85. The molecule has 114 valence electrons. The molecule has 1 saturated heterocycles. The predicted molar refractivity (Wildman–Crippen MR) is 44.1 cm³/mol. The van der Waals surface area contributed by atoms with Gasteiger partial charge in [-0.05, 0) is 0 Å². The van der Waals surface area contributed by atoms with Crippen LogP contribution in [0, 0.1) is 0 Å². The van der Waals surface area contributed by atoms with E-state index in [9.17, 15) is 44.0 Å². The topological polar surface area (TPSA) is 215 Å². The van der Waals surface area contributed by atoms with Gasteiger partial charge < -0.3 is 53.3 Å². The van der Waals surface area contributed by atoms with E-state index >= 15 is 0 Å². The fourth-order valence-electron chi connectivity index (χ4n) is 1.31. The molecule has 0 amide bonds. The Hall–Kier alpha value is 0.0600. The third-order valence-corrected chi connectivity index (χ3v) is 2.99. The lowest BCUT2D eigenvalue weighted by Gasteiger charge is -2.37. The molecule has 1 aliphatic heterocycles. The van der Waals surface area contributed by atoms with Crippen LogP contribution in [0.5, 0.6) is 0 Å². The highest BCUT2D eigenvalue weighted by Gasteiger charge is 2.55. The van der Waals surface area contributed by atoms with Crippen LogP contribution in [0.25, 0.3) is 0 Å². The number of hydrogen-bond donors (Lipinski definition) is 3. The van der Waals surface area contributed by atoms with Gasteiger partial charge in [0.2, 0.25) is 0 Å². The van der Waals surface area contributed by atoms with Crippen molar-refractivity contribution in [3.8, 4) is 0 Å². The van der Waals surface area contributed by atoms with Gasteiger partial charge >= 0.3 is 5.97 Å². The van der Waals surface area contributed by atoms with Gasteiger partial charge in [-0.25, -0.2) is 0 Å². The first-order valence-corrected chi connectivity index (χ1v) is 7.42. The molecule has 3 N–H and O–H groups in total. The fourth-order valence-corrected chi connectivity index (χ4v) is 2.11. The minimum atomic E-state index is -5.79. The van der Waals surface area contributed by atoms with Crippen molar-refractivity contribution in [2.45, 2.75) is 24.3 Å². The minimum Gasteiger partial charge on any atom is -0.790 e. The second-order valence-electron chi connectivity index (χ2n) is 3.50. The summed E-state index contributed by atoms with van der Waals surface area (Å²) in [5.74, 6) is -3.40. The zero-order valence-corrected chi connectivity index (χ0v) is 10.6. The Bertz CT molecular complexity index is 412. The molecule has 14 heteroatoms.